The van der Waals surface area contributed by atoms with Crippen molar-refractivity contribution in [2.45, 2.75) is 0 Å². The summed E-state index contributed by atoms with van der Waals surface area (Å²) in [5.74, 6) is -1.02. The molecule has 0 fully saturated rings. The van der Waals surface area contributed by atoms with E-state index in [0.717, 1.165) is 6.07 Å². The molecule has 70 valence electrons. The fourth-order valence-corrected chi connectivity index (χ4v) is 1.65. The second-order valence-corrected chi connectivity index (χ2v) is 3.83. The molecule has 5 heteroatoms. The smallest absolute Gasteiger partial charge is 0.178 e. The minimum Gasteiger partial charge on any atom is -0.293 e. The molecule has 1 nitrogen and oxygen atoms in total. The van der Waals surface area contributed by atoms with Gasteiger partial charge in [0.05, 0.1) is 10.9 Å². The normalized spacial score (nSPS) is 10.2. The van der Waals surface area contributed by atoms with Crippen molar-refractivity contribution in [1.82, 2.24) is 0 Å². The lowest BCUT2D eigenvalue weighted by Gasteiger charge is -2.02. The summed E-state index contributed by atoms with van der Waals surface area (Å²) < 4.78 is 13.2. The third-order valence-electron chi connectivity index (χ3n) is 1.43. The zero-order chi connectivity index (χ0) is 10.0. The number of rotatable bonds is 2. The van der Waals surface area contributed by atoms with Crippen LogP contribution >= 0.6 is 39.1 Å². The summed E-state index contributed by atoms with van der Waals surface area (Å²) in [7, 11) is 0. The maximum absolute atomic E-state index is 12.8. The Kier molecular flexibility index (Phi) is 3.71. The highest BCUT2D eigenvalue weighted by Gasteiger charge is 2.12. The molecule has 0 aliphatic carbocycles. The van der Waals surface area contributed by atoms with Crippen molar-refractivity contribution in [3.63, 3.8) is 0 Å². The molecular formula is C8H4BrCl2FO. The highest BCUT2D eigenvalue weighted by atomic mass is 79.9. The van der Waals surface area contributed by atoms with Crippen molar-refractivity contribution in [3.05, 3.63) is 33.0 Å². The number of benzene rings is 1. The maximum atomic E-state index is 12.8. The summed E-state index contributed by atoms with van der Waals surface area (Å²) in [5, 5.41) is -0.0864. The highest BCUT2D eigenvalue weighted by Crippen LogP contribution is 2.25. The van der Waals surface area contributed by atoms with Crippen LogP contribution in [0, 0.1) is 5.82 Å². The summed E-state index contributed by atoms with van der Waals surface area (Å²) >= 11 is 13.9. The van der Waals surface area contributed by atoms with E-state index in [2.05, 4.69) is 15.9 Å². The molecule has 0 aromatic heterocycles. The number of carbonyl (C=O) groups is 1. The van der Waals surface area contributed by atoms with Crippen molar-refractivity contribution in [1.29, 1.82) is 0 Å². The summed E-state index contributed by atoms with van der Waals surface area (Å²) in [6.07, 6.45) is 0. The topological polar surface area (TPSA) is 17.1 Å². The van der Waals surface area contributed by atoms with Crippen LogP contribution in [0.4, 0.5) is 4.39 Å². The molecule has 13 heavy (non-hydrogen) atoms. The van der Waals surface area contributed by atoms with Crippen molar-refractivity contribution in [3.8, 4) is 0 Å². The van der Waals surface area contributed by atoms with Crippen LogP contribution < -0.4 is 0 Å². The molecule has 1 aromatic rings. The Bertz CT molecular complexity index is 354. The average Bonchev–Trinajstić information content (AvgIpc) is 2.10. The van der Waals surface area contributed by atoms with Crippen LogP contribution in [-0.4, -0.2) is 11.7 Å². The van der Waals surface area contributed by atoms with E-state index in [1.165, 1.54) is 6.07 Å². The van der Waals surface area contributed by atoms with Crippen molar-refractivity contribution >= 4 is 44.9 Å². The Hall–Kier alpha value is -0.120. The maximum Gasteiger partial charge on any atom is 0.178 e. The molecule has 0 saturated carbocycles. The van der Waals surface area contributed by atoms with Crippen molar-refractivity contribution < 1.29 is 9.18 Å². The van der Waals surface area contributed by atoms with E-state index in [-0.39, 0.29) is 16.7 Å². The van der Waals surface area contributed by atoms with Crippen LogP contribution in [-0.2, 0) is 0 Å². The van der Waals surface area contributed by atoms with Crippen LogP contribution in [0.5, 0.6) is 0 Å². The van der Waals surface area contributed by atoms with Gasteiger partial charge in [0.15, 0.2) is 5.78 Å². The lowest BCUT2D eigenvalue weighted by Crippen LogP contribution is -2.02. The van der Waals surface area contributed by atoms with Gasteiger partial charge in [-0.1, -0.05) is 11.6 Å². The van der Waals surface area contributed by atoms with E-state index < -0.39 is 5.82 Å². The fourth-order valence-electron chi connectivity index (χ4n) is 0.808. The lowest BCUT2D eigenvalue weighted by molar-refractivity contribution is 0.102. The number of halogens is 4. The Labute approximate surface area is 93.0 Å². The molecule has 0 radical (unpaired) electrons. The minimum absolute atomic E-state index is 0.0864. The van der Waals surface area contributed by atoms with Crippen LogP contribution in [0.3, 0.4) is 0 Å². The monoisotopic (exact) mass is 284 g/mol. The number of alkyl halides is 1. The Morgan fingerprint density at radius 3 is 2.69 bits per heavy atom. The summed E-state index contributed by atoms with van der Waals surface area (Å²) in [4.78, 5) is 11.2. The third-order valence-corrected chi connectivity index (χ3v) is 2.62. The molecule has 1 rings (SSSR count). The van der Waals surface area contributed by atoms with Gasteiger partial charge in [-0.2, -0.15) is 0 Å². The van der Waals surface area contributed by atoms with Gasteiger partial charge in [0.1, 0.15) is 5.82 Å². The van der Waals surface area contributed by atoms with E-state index in [4.69, 9.17) is 23.2 Å². The Morgan fingerprint density at radius 1 is 1.54 bits per heavy atom. The van der Waals surface area contributed by atoms with Crippen LogP contribution in [0.15, 0.2) is 16.6 Å². The lowest BCUT2D eigenvalue weighted by atomic mass is 10.1. The predicted octanol–water partition coefficient (Wildman–Crippen LogP) is 3.66. The average molecular weight is 286 g/mol. The largest absolute Gasteiger partial charge is 0.293 e. The second-order valence-electron chi connectivity index (χ2n) is 2.30. The fraction of sp³-hybridized carbons (Fsp3) is 0.125. The zero-order valence-corrected chi connectivity index (χ0v) is 9.38. The molecule has 0 bridgehead atoms. The molecule has 0 atom stereocenters. The first-order valence-electron chi connectivity index (χ1n) is 3.30. The number of hydrogen-bond donors (Lipinski definition) is 0. The molecule has 0 spiro atoms. The number of ketones is 1. The van der Waals surface area contributed by atoms with Gasteiger partial charge in [-0.05, 0) is 28.1 Å². The molecule has 0 unspecified atom stereocenters. The first kappa shape index (κ1) is 11.0. The van der Waals surface area contributed by atoms with E-state index in [9.17, 15) is 9.18 Å². The molecule has 0 amide bonds. The van der Waals surface area contributed by atoms with Crippen LogP contribution in [0.1, 0.15) is 10.4 Å². The van der Waals surface area contributed by atoms with Gasteiger partial charge in [0, 0.05) is 10.0 Å². The molecule has 1 aromatic carbocycles. The van der Waals surface area contributed by atoms with Crippen molar-refractivity contribution in [2.75, 3.05) is 5.88 Å². The van der Waals surface area contributed by atoms with Gasteiger partial charge in [-0.25, -0.2) is 4.39 Å². The first-order valence-corrected chi connectivity index (χ1v) is 5.00. The van der Waals surface area contributed by atoms with Gasteiger partial charge in [0.25, 0.3) is 0 Å². The predicted molar refractivity (Wildman–Crippen MR) is 54.2 cm³/mol. The van der Waals surface area contributed by atoms with E-state index in [1.807, 2.05) is 0 Å². The molecule has 0 heterocycles. The van der Waals surface area contributed by atoms with E-state index >= 15 is 0 Å². The SMILES string of the molecule is O=C(CCl)c1cc(Cl)c(F)cc1Br. The van der Waals surface area contributed by atoms with Gasteiger partial charge in [-0.15, -0.1) is 11.6 Å². The Balaban J connectivity index is 3.23. The quantitative estimate of drug-likeness (QED) is 0.460. The molecular weight excluding hydrogens is 282 g/mol. The number of hydrogen-bond acceptors (Lipinski definition) is 1. The first-order chi connectivity index (χ1) is 6.06. The Morgan fingerprint density at radius 2 is 2.15 bits per heavy atom. The van der Waals surface area contributed by atoms with Gasteiger partial charge < -0.3 is 0 Å². The van der Waals surface area contributed by atoms with Gasteiger partial charge in [-0.3, -0.25) is 4.79 Å². The van der Waals surface area contributed by atoms with Crippen LogP contribution in [0.25, 0.3) is 0 Å². The summed E-state index contributed by atoms with van der Waals surface area (Å²) in [6, 6.07) is 2.40. The highest BCUT2D eigenvalue weighted by molar-refractivity contribution is 9.10. The van der Waals surface area contributed by atoms with Gasteiger partial charge >= 0.3 is 0 Å². The minimum atomic E-state index is -0.570. The molecule has 0 aliphatic heterocycles. The second kappa shape index (κ2) is 4.40. The number of carbonyl (C=O) groups excluding carboxylic acids is 1. The number of Topliss-reactive ketones (excluding diaryl/α,β-unsaturated/α-hetero) is 1. The summed E-state index contributed by atoms with van der Waals surface area (Å²) in [6.45, 7) is 0. The molecule has 0 aliphatic rings. The zero-order valence-electron chi connectivity index (χ0n) is 6.28. The standard InChI is InChI=1S/C8H4BrCl2FO/c9-5-2-7(12)6(11)1-4(5)8(13)3-10/h1-2H,3H2. The summed E-state index contributed by atoms with van der Waals surface area (Å²) in [5.41, 5.74) is 0.293. The van der Waals surface area contributed by atoms with E-state index in [0.29, 0.717) is 10.0 Å². The van der Waals surface area contributed by atoms with Crippen LogP contribution in [0.2, 0.25) is 5.02 Å². The molecule has 0 saturated heterocycles. The van der Waals surface area contributed by atoms with E-state index in [1.54, 1.807) is 0 Å². The third kappa shape index (κ3) is 2.42. The van der Waals surface area contributed by atoms with Gasteiger partial charge in [0.2, 0.25) is 0 Å². The molecule has 0 N–H and O–H groups in total. The van der Waals surface area contributed by atoms with Crippen molar-refractivity contribution in [2.24, 2.45) is 0 Å².